The van der Waals surface area contributed by atoms with Gasteiger partial charge in [0.15, 0.2) is 0 Å². The van der Waals surface area contributed by atoms with Crippen molar-refractivity contribution in [1.82, 2.24) is 15.3 Å². The number of nitro benzene ring substituents is 1. The van der Waals surface area contributed by atoms with Crippen LogP contribution in [0, 0.1) is 10.1 Å². The van der Waals surface area contributed by atoms with E-state index < -0.39 is 4.92 Å². The van der Waals surface area contributed by atoms with Crippen LogP contribution in [-0.2, 0) is 4.79 Å². The summed E-state index contributed by atoms with van der Waals surface area (Å²) in [6, 6.07) is 4.53. The zero-order valence-corrected chi connectivity index (χ0v) is 11.8. The number of nitrogens with zero attached hydrogens (tertiary/aromatic N) is 2. The summed E-state index contributed by atoms with van der Waals surface area (Å²) in [5.74, 6) is 0.451. The van der Waals surface area contributed by atoms with Crippen molar-refractivity contribution in [2.24, 2.45) is 0 Å². The Balaban J connectivity index is 1.97. The minimum atomic E-state index is -0.455. The van der Waals surface area contributed by atoms with Crippen molar-refractivity contribution in [2.45, 2.75) is 26.3 Å². The van der Waals surface area contributed by atoms with Gasteiger partial charge in [-0.1, -0.05) is 0 Å². The first kappa shape index (κ1) is 14.8. The second-order valence-electron chi connectivity index (χ2n) is 4.94. The van der Waals surface area contributed by atoms with Crippen LogP contribution in [0.25, 0.3) is 11.0 Å². The summed E-state index contributed by atoms with van der Waals surface area (Å²) >= 11 is 0. The molecule has 0 aliphatic heterocycles. The molecule has 1 amide bonds. The average molecular weight is 291 g/mol. The molecule has 2 aromatic rings. The van der Waals surface area contributed by atoms with Gasteiger partial charge in [-0.2, -0.15) is 0 Å². The molecule has 0 aliphatic carbocycles. The Hall–Kier alpha value is -2.64. The fraction of sp³-hybridized carbons (Fsp3) is 0.385. The number of hydrogen-bond acceptors (Lipinski definition) is 5. The van der Waals surface area contributed by atoms with E-state index in [9.17, 15) is 14.9 Å². The number of aromatic amines is 1. The standard InChI is InChI=1S/C13H17N5O3/c1-8(2)15-12(19)5-6-14-13-16-10-4-3-9(18(20)21)7-11(10)17-13/h3-4,7-8H,5-6H2,1-2H3,(H,15,19)(H2,14,16,17). The van der Waals surface area contributed by atoms with Crippen LogP contribution in [0.2, 0.25) is 0 Å². The van der Waals surface area contributed by atoms with E-state index >= 15 is 0 Å². The number of imidazole rings is 1. The molecule has 1 aromatic carbocycles. The van der Waals surface area contributed by atoms with E-state index in [1.807, 2.05) is 13.8 Å². The number of anilines is 1. The lowest BCUT2D eigenvalue weighted by Gasteiger charge is -2.08. The van der Waals surface area contributed by atoms with E-state index in [1.54, 1.807) is 6.07 Å². The molecule has 1 aromatic heterocycles. The first-order valence-electron chi connectivity index (χ1n) is 6.63. The lowest BCUT2D eigenvalue weighted by atomic mass is 10.3. The van der Waals surface area contributed by atoms with Crippen LogP contribution >= 0.6 is 0 Å². The van der Waals surface area contributed by atoms with E-state index in [4.69, 9.17) is 0 Å². The lowest BCUT2D eigenvalue weighted by molar-refractivity contribution is -0.384. The molecule has 0 radical (unpaired) electrons. The van der Waals surface area contributed by atoms with Crippen molar-refractivity contribution in [3.05, 3.63) is 28.3 Å². The van der Waals surface area contributed by atoms with Gasteiger partial charge in [0, 0.05) is 31.1 Å². The first-order valence-corrected chi connectivity index (χ1v) is 6.63. The van der Waals surface area contributed by atoms with Gasteiger partial charge in [-0.25, -0.2) is 4.98 Å². The van der Waals surface area contributed by atoms with Gasteiger partial charge in [-0.05, 0) is 19.9 Å². The molecule has 0 fully saturated rings. The fourth-order valence-electron chi connectivity index (χ4n) is 1.88. The van der Waals surface area contributed by atoms with E-state index in [-0.39, 0.29) is 17.6 Å². The molecule has 0 unspecified atom stereocenters. The van der Waals surface area contributed by atoms with Crippen LogP contribution in [0.4, 0.5) is 11.6 Å². The number of carbonyl (C=O) groups is 1. The first-order chi connectivity index (χ1) is 9.95. The van der Waals surface area contributed by atoms with Crippen LogP contribution in [-0.4, -0.2) is 33.4 Å². The third kappa shape index (κ3) is 3.91. The number of H-pyrrole nitrogens is 1. The predicted octanol–water partition coefficient (Wildman–Crippen LogP) is 1.80. The van der Waals surface area contributed by atoms with Crippen LogP contribution < -0.4 is 10.6 Å². The Morgan fingerprint density at radius 2 is 2.24 bits per heavy atom. The van der Waals surface area contributed by atoms with E-state index in [0.29, 0.717) is 29.9 Å². The SMILES string of the molecule is CC(C)NC(=O)CCNc1nc2ccc([N+](=O)[O-])cc2[nH]1. The maximum absolute atomic E-state index is 11.5. The fourth-order valence-corrected chi connectivity index (χ4v) is 1.88. The van der Waals surface area contributed by atoms with E-state index in [0.717, 1.165) is 0 Å². The molecule has 2 rings (SSSR count). The minimum Gasteiger partial charge on any atom is -0.355 e. The summed E-state index contributed by atoms with van der Waals surface area (Å²) in [7, 11) is 0. The molecule has 21 heavy (non-hydrogen) atoms. The zero-order chi connectivity index (χ0) is 15.4. The normalized spacial score (nSPS) is 10.8. The predicted molar refractivity (Wildman–Crippen MR) is 79.1 cm³/mol. The Morgan fingerprint density at radius 1 is 1.48 bits per heavy atom. The van der Waals surface area contributed by atoms with E-state index in [2.05, 4.69) is 20.6 Å². The lowest BCUT2D eigenvalue weighted by Crippen LogP contribution is -2.31. The highest BCUT2D eigenvalue weighted by Crippen LogP contribution is 2.20. The van der Waals surface area contributed by atoms with Gasteiger partial charge >= 0.3 is 0 Å². The Kier molecular flexibility index (Phi) is 4.36. The molecule has 0 bridgehead atoms. The molecule has 0 saturated heterocycles. The Bertz CT molecular complexity index is 665. The summed E-state index contributed by atoms with van der Waals surface area (Å²) in [5, 5.41) is 16.5. The molecular weight excluding hydrogens is 274 g/mol. The van der Waals surface area contributed by atoms with Gasteiger partial charge in [0.1, 0.15) is 0 Å². The second-order valence-corrected chi connectivity index (χ2v) is 4.94. The maximum Gasteiger partial charge on any atom is 0.271 e. The van der Waals surface area contributed by atoms with Gasteiger partial charge in [0.25, 0.3) is 5.69 Å². The van der Waals surface area contributed by atoms with Crippen LogP contribution in [0.15, 0.2) is 18.2 Å². The summed E-state index contributed by atoms with van der Waals surface area (Å²) in [6.45, 7) is 4.23. The molecule has 8 nitrogen and oxygen atoms in total. The van der Waals surface area contributed by atoms with Crippen molar-refractivity contribution in [2.75, 3.05) is 11.9 Å². The zero-order valence-electron chi connectivity index (χ0n) is 11.8. The molecule has 112 valence electrons. The monoisotopic (exact) mass is 291 g/mol. The van der Waals surface area contributed by atoms with E-state index in [1.165, 1.54) is 12.1 Å². The number of benzene rings is 1. The quantitative estimate of drug-likeness (QED) is 0.554. The van der Waals surface area contributed by atoms with Gasteiger partial charge < -0.3 is 15.6 Å². The molecule has 0 saturated carbocycles. The molecule has 3 N–H and O–H groups in total. The number of amides is 1. The molecular formula is C13H17N5O3. The van der Waals surface area contributed by atoms with Crippen LogP contribution in [0.5, 0.6) is 0 Å². The van der Waals surface area contributed by atoms with Gasteiger partial charge in [-0.3, -0.25) is 14.9 Å². The summed E-state index contributed by atoms with van der Waals surface area (Å²) < 4.78 is 0. The largest absolute Gasteiger partial charge is 0.355 e. The van der Waals surface area contributed by atoms with Crippen LogP contribution in [0.3, 0.4) is 0 Å². The Labute approximate surface area is 121 Å². The highest BCUT2D eigenvalue weighted by molar-refractivity contribution is 5.80. The Morgan fingerprint density at radius 3 is 2.90 bits per heavy atom. The molecule has 0 atom stereocenters. The molecule has 8 heteroatoms. The van der Waals surface area contributed by atoms with Crippen LogP contribution in [0.1, 0.15) is 20.3 Å². The molecule has 0 spiro atoms. The number of hydrogen-bond donors (Lipinski definition) is 3. The van der Waals surface area contributed by atoms with Gasteiger partial charge in [0.05, 0.1) is 16.0 Å². The maximum atomic E-state index is 11.5. The van der Waals surface area contributed by atoms with Crippen molar-refractivity contribution >= 4 is 28.6 Å². The summed E-state index contributed by atoms with van der Waals surface area (Å²) in [6.07, 6.45) is 0.329. The number of aromatic nitrogens is 2. The third-order valence-electron chi connectivity index (χ3n) is 2.77. The summed E-state index contributed by atoms with van der Waals surface area (Å²) in [5.41, 5.74) is 1.22. The van der Waals surface area contributed by atoms with Crippen molar-refractivity contribution in [3.8, 4) is 0 Å². The van der Waals surface area contributed by atoms with Crippen molar-refractivity contribution in [1.29, 1.82) is 0 Å². The number of nitro groups is 1. The van der Waals surface area contributed by atoms with Gasteiger partial charge in [-0.15, -0.1) is 0 Å². The summed E-state index contributed by atoms with van der Waals surface area (Å²) in [4.78, 5) is 28.9. The number of fused-ring (bicyclic) bond motifs is 1. The number of carbonyl (C=O) groups excluding carboxylic acids is 1. The van der Waals surface area contributed by atoms with Crippen molar-refractivity contribution in [3.63, 3.8) is 0 Å². The molecule has 1 heterocycles. The van der Waals surface area contributed by atoms with Crippen molar-refractivity contribution < 1.29 is 9.72 Å². The number of nitrogens with one attached hydrogen (secondary N) is 3. The number of non-ortho nitro benzene ring substituents is 1. The number of rotatable bonds is 6. The highest BCUT2D eigenvalue weighted by atomic mass is 16.6. The van der Waals surface area contributed by atoms with Gasteiger partial charge in [0.2, 0.25) is 11.9 Å². The highest BCUT2D eigenvalue weighted by Gasteiger charge is 2.09. The second kappa shape index (κ2) is 6.21. The minimum absolute atomic E-state index is 0.00834. The molecule has 0 aliphatic rings. The third-order valence-corrected chi connectivity index (χ3v) is 2.77. The average Bonchev–Trinajstić information content (AvgIpc) is 2.79. The topological polar surface area (TPSA) is 113 Å². The smallest absolute Gasteiger partial charge is 0.271 e.